The van der Waals surface area contributed by atoms with Crippen molar-refractivity contribution in [2.24, 2.45) is 0 Å². The Bertz CT molecular complexity index is 677. The van der Waals surface area contributed by atoms with Crippen molar-refractivity contribution in [1.82, 2.24) is 5.32 Å². The van der Waals surface area contributed by atoms with Crippen LogP contribution >= 0.6 is 11.6 Å². The van der Waals surface area contributed by atoms with Crippen molar-refractivity contribution >= 4 is 28.9 Å². The molecular formula is C15H14ClN3O3. The highest BCUT2D eigenvalue weighted by atomic mass is 35.5. The molecule has 0 atom stereocenters. The lowest BCUT2D eigenvalue weighted by Crippen LogP contribution is -2.29. The molecule has 2 N–H and O–H groups in total. The normalized spacial score (nSPS) is 10.0. The maximum absolute atomic E-state index is 11.8. The number of anilines is 1. The summed E-state index contributed by atoms with van der Waals surface area (Å²) in [4.78, 5) is 22.2. The van der Waals surface area contributed by atoms with Crippen LogP contribution in [-0.4, -0.2) is 17.4 Å². The van der Waals surface area contributed by atoms with Gasteiger partial charge in [0, 0.05) is 17.6 Å². The van der Waals surface area contributed by atoms with E-state index in [2.05, 4.69) is 10.6 Å². The molecule has 0 aliphatic rings. The predicted octanol–water partition coefficient (Wildman–Crippen LogP) is 2.98. The number of amides is 1. The van der Waals surface area contributed by atoms with Crippen LogP contribution in [0.1, 0.15) is 5.56 Å². The number of halogens is 1. The molecule has 22 heavy (non-hydrogen) atoms. The van der Waals surface area contributed by atoms with Gasteiger partial charge < -0.3 is 10.6 Å². The molecule has 0 saturated carbocycles. The van der Waals surface area contributed by atoms with E-state index < -0.39 is 4.92 Å². The molecule has 0 unspecified atom stereocenters. The molecule has 0 radical (unpaired) electrons. The molecule has 0 aliphatic heterocycles. The van der Waals surface area contributed by atoms with Crippen LogP contribution in [0.25, 0.3) is 0 Å². The second-order valence-corrected chi connectivity index (χ2v) is 4.97. The van der Waals surface area contributed by atoms with Crippen molar-refractivity contribution in [3.05, 3.63) is 69.2 Å². The molecule has 0 aromatic heterocycles. The van der Waals surface area contributed by atoms with Crippen LogP contribution in [0.5, 0.6) is 0 Å². The summed E-state index contributed by atoms with van der Waals surface area (Å²) in [6.07, 6.45) is 0. The fourth-order valence-electron chi connectivity index (χ4n) is 1.84. The SMILES string of the molecule is O=C(CNc1ccc(Cl)cc1[N+](=O)[O-])NCc1ccccc1. The minimum atomic E-state index is -0.546. The molecule has 0 spiro atoms. The topological polar surface area (TPSA) is 84.3 Å². The van der Waals surface area contributed by atoms with Gasteiger partial charge in [-0.2, -0.15) is 0 Å². The maximum atomic E-state index is 11.8. The van der Waals surface area contributed by atoms with E-state index in [1.807, 2.05) is 30.3 Å². The lowest BCUT2D eigenvalue weighted by Gasteiger charge is -2.08. The van der Waals surface area contributed by atoms with Gasteiger partial charge in [0.15, 0.2) is 0 Å². The van der Waals surface area contributed by atoms with Gasteiger partial charge >= 0.3 is 0 Å². The largest absolute Gasteiger partial charge is 0.371 e. The summed E-state index contributed by atoms with van der Waals surface area (Å²) in [6.45, 7) is 0.347. The summed E-state index contributed by atoms with van der Waals surface area (Å²) >= 11 is 5.73. The Kier molecular flexibility index (Phi) is 5.32. The number of hydrogen-bond donors (Lipinski definition) is 2. The van der Waals surface area contributed by atoms with Gasteiger partial charge in [0.2, 0.25) is 5.91 Å². The first-order valence-corrected chi connectivity index (χ1v) is 6.92. The third-order valence-corrected chi connectivity index (χ3v) is 3.16. The van der Waals surface area contributed by atoms with Crippen LogP contribution < -0.4 is 10.6 Å². The molecule has 6 nitrogen and oxygen atoms in total. The van der Waals surface area contributed by atoms with Gasteiger partial charge in [-0.05, 0) is 17.7 Å². The number of nitrogens with one attached hydrogen (secondary N) is 2. The van der Waals surface area contributed by atoms with E-state index in [0.717, 1.165) is 5.56 Å². The first-order valence-electron chi connectivity index (χ1n) is 6.54. The Morgan fingerprint density at radius 3 is 2.59 bits per heavy atom. The van der Waals surface area contributed by atoms with Crippen molar-refractivity contribution < 1.29 is 9.72 Å². The van der Waals surface area contributed by atoms with Gasteiger partial charge in [0.1, 0.15) is 5.69 Å². The maximum Gasteiger partial charge on any atom is 0.293 e. The zero-order chi connectivity index (χ0) is 15.9. The third-order valence-electron chi connectivity index (χ3n) is 2.93. The van der Waals surface area contributed by atoms with Gasteiger partial charge in [-0.1, -0.05) is 41.9 Å². The monoisotopic (exact) mass is 319 g/mol. The highest BCUT2D eigenvalue weighted by molar-refractivity contribution is 6.30. The number of nitrogens with zero attached hydrogens (tertiary/aromatic N) is 1. The van der Waals surface area contributed by atoms with Crippen molar-refractivity contribution in [1.29, 1.82) is 0 Å². The Balaban J connectivity index is 1.90. The highest BCUT2D eigenvalue weighted by Crippen LogP contribution is 2.27. The summed E-state index contributed by atoms with van der Waals surface area (Å²) < 4.78 is 0. The van der Waals surface area contributed by atoms with Crippen molar-refractivity contribution in [2.45, 2.75) is 6.54 Å². The van der Waals surface area contributed by atoms with Crippen LogP contribution in [0.2, 0.25) is 5.02 Å². The molecule has 2 rings (SSSR count). The molecule has 1 amide bonds. The summed E-state index contributed by atoms with van der Waals surface area (Å²) in [5.41, 5.74) is 1.07. The average Bonchev–Trinajstić information content (AvgIpc) is 2.52. The molecule has 2 aromatic carbocycles. The van der Waals surface area contributed by atoms with Gasteiger partial charge in [0.25, 0.3) is 5.69 Å². The second-order valence-electron chi connectivity index (χ2n) is 4.53. The van der Waals surface area contributed by atoms with Crippen LogP contribution in [0.4, 0.5) is 11.4 Å². The molecule has 0 bridgehead atoms. The molecular weight excluding hydrogens is 306 g/mol. The quantitative estimate of drug-likeness (QED) is 0.633. The second kappa shape index (κ2) is 7.42. The van der Waals surface area contributed by atoms with E-state index in [0.29, 0.717) is 6.54 Å². The lowest BCUT2D eigenvalue weighted by atomic mass is 10.2. The van der Waals surface area contributed by atoms with E-state index in [4.69, 9.17) is 11.6 Å². The average molecular weight is 320 g/mol. The Morgan fingerprint density at radius 2 is 1.91 bits per heavy atom. The number of nitro benzene ring substituents is 1. The summed E-state index contributed by atoms with van der Waals surface area (Å²) in [7, 11) is 0. The lowest BCUT2D eigenvalue weighted by molar-refractivity contribution is -0.383. The molecule has 114 valence electrons. The molecule has 0 fully saturated rings. The Hall–Kier alpha value is -2.60. The Morgan fingerprint density at radius 1 is 1.18 bits per heavy atom. The smallest absolute Gasteiger partial charge is 0.293 e. The minimum absolute atomic E-state index is 0.0602. The van der Waals surface area contributed by atoms with E-state index in [-0.39, 0.29) is 28.8 Å². The molecule has 7 heteroatoms. The summed E-state index contributed by atoms with van der Waals surface area (Å²) in [5.74, 6) is -0.256. The van der Waals surface area contributed by atoms with Crippen LogP contribution in [-0.2, 0) is 11.3 Å². The first-order chi connectivity index (χ1) is 10.6. The fourth-order valence-corrected chi connectivity index (χ4v) is 2.01. The first kappa shape index (κ1) is 15.8. The van der Waals surface area contributed by atoms with Crippen molar-refractivity contribution in [3.63, 3.8) is 0 Å². The molecule has 0 saturated heterocycles. The molecule has 0 aliphatic carbocycles. The van der Waals surface area contributed by atoms with E-state index in [1.54, 1.807) is 0 Å². The number of hydrogen-bond acceptors (Lipinski definition) is 4. The molecule has 2 aromatic rings. The number of nitro groups is 1. The third kappa shape index (κ3) is 4.46. The van der Waals surface area contributed by atoms with Crippen molar-refractivity contribution in [3.8, 4) is 0 Å². The van der Waals surface area contributed by atoms with Gasteiger partial charge in [-0.3, -0.25) is 14.9 Å². The predicted molar refractivity (Wildman–Crippen MR) is 84.9 cm³/mol. The highest BCUT2D eigenvalue weighted by Gasteiger charge is 2.14. The van der Waals surface area contributed by atoms with Crippen LogP contribution in [0.3, 0.4) is 0 Å². The standard InChI is InChI=1S/C15H14ClN3O3/c16-12-6-7-13(14(8-12)19(21)22)17-10-15(20)18-9-11-4-2-1-3-5-11/h1-8,17H,9-10H2,(H,18,20). The zero-order valence-corrected chi connectivity index (χ0v) is 12.3. The van der Waals surface area contributed by atoms with E-state index >= 15 is 0 Å². The van der Waals surface area contributed by atoms with Gasteiger partial charge in [0.05, 0.1) is 11.5 Å². The number of carbonyl (C=O) groups excluding carboxylic acids is 1. The van der Waals surface area contributed by atoms with Gasteiger partial charge in [-0.25, -0.2) is 0 Å². The molecule has 0 heterocycles. The summed E-state index contributed by atoms with van der Waals surface area (Å²) in [5, 5.41) is 16.7. The van der Waals surface area contributed by atoms with Gasteiger partial charge in [-0.15, -0.1) is 0 Å². The number of rotatable bonds is 6. The van der Waals surface area contributed by atoms with Crippen molar-refractivity contribution in [2.75, 3.05) is 11.9 Å². The fraction of sp³-hybridized carbons (Fsp3) is 0.133. The van der Waals surface area contributed by atoms with E-state index in [9.17, 15) is 14.9 Å². The van der Waals surface area contributed by atoms with Crippen LogP contribution in [0, 0.1) is 10.1 Å². The number of carbonyl (C=O) groups is 1. The Labute approximate surface area is 132 Å². The van der Waals surface area contributed by atoms with E-state index in [1.165, 1.54) is 18.2 Å². The minimum Gasteiger partial charge on any atom is -0.371 e. The summed E-state index contributed by atoms with van der Waals surface area (Å²) in [6, 6.07) is 13.7. The number of benzene rings is 2. The van der Waals surface area contributed by atoms with Crippen LogP contribution in [0.15, 0.2) is 48.5 Å². The zero-order valence-electron chi connectivity index (χ0n) is 11.6.